The summed E-state index contributed by atoms with van der Waals surface area (Å²) in [5, 5.41) is 6.65. The van der Waals surface area contributed by atoms with E-state index < -0.39 is 0 Å². The van der Waals surface area contributed by atoms with Gasteiger partial charge in [0.2, 0.25) is 0 Å². The van der Waals surface area contributed by atoms with Crippen molar-refractivity contribution in [2.75, 3.05) is 45.7 Å². The van der Waals surface area contributed by atoms with Crippen molar-refractivity contribution in [2.45, 2.75) is 20.0 Å². The average molecular weight is 347 g/mol. The Morgan fingerprint density at radius 3 is 2.71 bits per heavy atom. The first kappa shape index (κ1) is 17.2. The van der Waals surface area contributed by atoms with Crippen LogP contribution in [0.3, 0.4) is 0 Å². The third-order valence-electron chi connectivity index (χ3n) is 4.36. The molecule has 6 heteroatoms. The van der Waals surface area contributed by atoms with Crippen molar-refractivity contribution in [1.82, 2.24) is 14.8 Å². The zero-order chi connectivity index (χ0) is 16.9. The third-order valence-corrected chi connectivity index (χ3v) is 5.33. The SMILES string of the molecule is COc1ccc(CN2CCN(C)CC2)cc1NCc1nc(C)cs1. The van der Waals surface area contributed by atoms with Gasteiger partial charge < -0.3 is 15.0 Å². The molecule has 0 atom stereocenters. The largest absolute Gasteiger partial charge is 0.495 e. The Hall–Kier alpha value is -1.63. The molecule has 2 heterocycles. The van der Waals surface area contributed by atoms with Gasteiger partial charge in [-0.05, 0) is 31.7 Å². The Morgan fingerprint density at radius 1 is 1.25 bits per heavy atom. The molecule has 1 aromatic carbocycles. The van der Waals surface area contributed by atoms with Crippen LogP contribution < -0.4 is 10.1 Å². The zero-order valence-electron chi connectivity index (χ0n) is 14.7. The normalized spacial score (nSPS) is 16.3. The Kier molecular flexibility index (Phi) is 5.71. The quantitative estimate of drug-likeness (QED) is 0.871. The maximum absolute atomic E-state index is 5.50. The van der Waals surface area contributed by atoms with E-state index in [-0.39, 0.29) is 0 Å². The predicted octanol–water partition coefficient (Wildman–Crippen LogP) is 2.82. The van der Waals surface area contributed by atoms with Gasteiger partial charge in [0.25, 0.3) is 0 Å². The van der Waals surface area contributed by atoms with Crippen LogP contribution in [0.25, 0.3) is 0 Å². The van der Waals surface area contributed by atoms with E-state index in [2.05, 4.69) is 50.7 Å². The van der Waals surface area contributed by atoms with Crippen LogP contribution in [0.2, 0.25) is 0 Å². The van der Waals surface area contributed by atoms with E-state index in [1.165, 1.54) is 5.56 Å². The second-order valence-electron chi connectivity index (χ2n) is 6.35. The standard InChI is InChI=1S/C18H26N4OS/c1-14-13-24-18(20-14)11-19-16-10-15(4-5-17(16)23-3)12-22-8-6-21(2)7-9-22/h4-5,10,13,19H,6-9,11-12H2,1-3H3. The average Bonchev–Trinajstić information content (AvgIpc) is 3.01. The van der Waals surface area contributed by atoms with Crippen molar-refractivity contribution < 1.29 is 4.74 Å². The number of rotatable bonds is 6. The number of ether oxygens (including phenoxy) is 1. The number of methoxy groups -OCH3 is 1. The fourth-order valence-corrected chi connectivity index (χ4v) is 3.62. The molecule has 0 radical (unpaired) electrons. The van der Waals surface area contributed by atoms with Crippen molar-refractivity contribution in [3.8, 4) is 5.75 Å². The molecule has 24 heavy (non-hydrogen) atoms. The number of hydrogen-bond acceptors (Lipinski definition) is 6. The van der Waals surface area contributed by atoms with Crippen molar-refractivity contribution >= 4 is 17.0 Å². The maximum atomic E-state index is 5.50. The van der Waals surface area contributed by atoms with Crippen LogP contribution in [-0.4, -0.2) is 55.1 Å². The highest BCUT2D eigenvalue weighted by Gasteiger charge is 2.14. The van der Waals surface area contributed by atoms with Crippen LogP contribution in [-0.2, 0) is 13.1 Å². The van der Waals surface area contributed by atoms with Gasteiger partial charge in [-0.25, -0.2) is 4.98 Å². The molecule has 0 unspecified atom stereocenters. The van der Waals surface area contributed by atoms with E-state index in [9.17, 15) is 0 Å². The van der Waals surface area contributed by atoms with E-state index in [0.29, 0.717) is 0 Å². The molecule has 0 amide bonds. The van der Waals surface area contributed by atoms with E-state index in [4.69, 9.17) is 4.74 Å². The Bertz CT molecular complexity index is 665. The molecule has 0 spiro atoms. The van der Waals surface area contributed by atoms with Gasteiger partial charge in [0, 0.05) is 43.8 Å². The molecule has 1 aliphatic rings. The highest BCUT2D eigenvalue weighted by atomic mass is 32.1. The minimum atomic E-state index is 0.729. The van der Waals surface area contributed by atoms with Gasteiger partial charge in [0.1, 0.15) is 10.8 Å². The van der Waals surface area contributed by atoms with E-state index in [1.54, 1.807) is 18.4 Å². The summed E-state index contributed by atoms with van der Waals surface area (Å²) in [7, 11) is 3.90. The second kappa shape index (κ2) is 7.96. The van der Waals surface area contributed by atoms with Gasteiger partial charge in [-0.15, -0.1) is 11.3 Å². The number of nitrogens with one attached hydrogen (secondary N) is 1. The van der Waals surface area contributed by atoms with Crippen LogP contribution in [0.4, 0.5) is 5.69 Å². The van der Waals surface area contributed by atoms with Crippen LogP contribution in [0.15, 0.2) is 23.6 Å². The zero-order valence-corrected chi connectivity index (χ0v) is 15.5. The van der Waals surface area contributed by atoms with Crippen molar-refractivity contribution in [3.63, 3.8) is 0 Å². The first-order valence-electron chi connectivity index (χ1n) is 8.37. The molecular weight excluding hydrogens is 320 g/mol. The fraction of sp³-hybridized carbons (Fsp3) is 0.500. The summed E-state index contributed by atoms with van der Waals surface area (Å²) in [5.41, 5.74) is 3.43. The first-order valence-corrected chi connectivity index (χ1v) is 9.24. The summed E-state index contributed by atoms with van der Waals surface area (Å²) in [6, 6.07) is 6.42. The summed E-state index contributed by atoms with van der Waals surface area (Å²) in [6.45, 7) is 8.29. The number of hydrogen-bond donors (Lipinski definition) is 1. The summed E-state index contributed by atoms with van der Waals surface area (Å²) in [4.78, 5) is 9.40. The van der Waals surface area contributed by atoms with Crippen LogP contribution in [0.1, 0.15) is 16.3 Å². The second-order valence-corrected chi connectivity index (χ2v) is 7.29. The predicted molar refractivity (Wildman–Crippen MR) is 99.9 cm³/mol. The van der Waals surface area contributed by atoms with Gasteiger partial charge in [-0.3, -0.25) is 4.90 Å². The highest BCUT2D eigenvalue weighted by Crippen LogP contribution is 2.27. The fourth-order valence-electron chi connectivity index (χ4n) is 2.91. The molecule has 1 saturated heterocycles. The molecule has 0 aliphatic carbocycles. The lowest BCUT2D eigenvalue weighted by molar-refractivity contribution is 0.148. The van der Waals surface area contributed by atoms with E-state index >= 15 is 0 Å². The summed E-state index contributed by atoms with van der Waals surface area (Å²) in [6.07, 6.45) is 0. The van der Waals surface area contributed by atoms with Crippen LogP contribution >= 0.6 is 11.3 Å². The van der Waals surface area contributed by atoms with Crippen LogP contribution in [0, 0.1) is 6.92 Å². The molecule has 1 aromatic heterocycles. The Balaban J connectivity index is 1.65. The number of piperazine rings is 1. The monoisotopic (exact) mass is 346 g/mol. The number of aromatic nitrogens is 1. The number of benzene rings is 1. The van der Waals surface area contributed by atoms with Gasteiger partial charge in [-0.2, -0.15) is 0 Å². The Labute approximate surface area is 148 Å². The van der Waals surface area contributed by atoms with E-state index in [0.717, 1.165) is 61.4 Å². The molecule has 1 aliphatic heterocycles. The van der Waals surface area contributed by atoms with Gasteiger partial charge in [0.15, 0.2) is 0 Å². The van der Waals surface area contributed by atoms with Gasteiger partial charge in [-0.1, -0.05) is 6.07 Å². The highest BCUT2D eigenvalue weighted by molar-refractivity contribution is 7.09. The number of nitrogens with zero attached hydrogens (tertiary/aromatic N) is 3. The summed E-state index contributed by atoms with van der Waals surface area (Å²) in [5.74, 6) is 0.880. The molecule has 1 N–H and O–H groups in total. The molecular formula is C18H26N4OS. The maximum Gasteiger partial charge on any atom is 0.141 e. The lowest BCUT2D eigenvalue weighted by Crippen LogP contribution is -2.43. The molecule has 2 aromatic rings. The molecule has 5 nitrogen and oxygen atoms in total. The summed E-state index contributed by atoms with van der Waals surface area (Å²) >= 11 is 1.69. The summed E-state index contributed by atoms with van der Waals surface area (Å²) < 4.78 is 5.50. The lowest BCUT2D eigenvalue weighted by Gasteiger charge is -2.32. The number of anilines is 1. The van der Waals surface area contributed by atoms with Crippen molar-refractivity contribution in [2.24, 2.45) is 0 Å². The Morgan fingerprint density at radius 2 is 2.04 bits per heavy atom. The molecule has 3 rings (SSSR count). The molecule has 1 fully saturated rings. The number of likely N-dealkylation sites (N-methyl/N-ethyl adjacent to an activating group) is 1. The molecule has 0 saturated carbocycles. The minimum absolute atomic E-state index is 0.729. The smallest absolute Gasteiger partial charge is 0.141 e. The van der Waals surface area contributed by atoms with E-state index in [1.807, 2.05) is 6.92 Å². The molecule has 0 bridgehead atoms. The van der Waals surface area contributed by atoms with Gasteiger partial charge >= 0.3 is 0 Å². The number of thiazole rings is 1. The van der Waals surface area contributed by atoms with Crippen molar-refractivity contribution in [3.05, 3.63) is 39.8 Å². The van der Waals surface area contributed by atoms with Crippen molar-refractivity contribution in [1.29, 1.82) is 0 Å². The van der Waals surface area contributed by atoms with Gasteiger partial charge in [0.05, 0.1) is 19.3 Å². The lowest BCUT2D eigenvalue weighted by atomic mass is 10.1. The third kappa shape index (κ3) is 4.47. The topological polar surface area (TPSA) is 40.6 Å². The first-order chi connectivity index (χ1) is 11.6. The van der Waals surface area contributed by atoms with Crippen LogP contribution in [0.5, 0.6) is 5.75 Å². The minimum Gasteiger partial charge on any atom is -0.495 e. The number of aryl methyl sites for hydroxylation is 1. The molecule has 130 valence electrons.